The molecule has 0 atom stereocenters. The van der Waals surface area contributed by atoms with Crippen LogP contribution in [0.1, 0.15) is 36.7 Å². The summed E-state index contributed by atoms with van der Waals surface area (Å²) >= 11 is 0. The molecule has 0 radical (unpaired) electrons. The molecule has 0 amide bonds. The lowest BCUT2D eigenvalue weighted by molar-refractivity contribution is 0.415. The largest absolute Gasteiger partial charge is 0.497 e. The van der Waals surface area contributed by atoms with Crippen molar-refractivity contribution in [2.75, 3.05) is 7.11 Å². The Morgan fingerprint density at radius 1 is 1.00 bits per heavy atom. The van der Waals surface area contributed by atoms with E-state index in [1.54, 1.807) is 7.11 Å². The summed E-state index contributed by atoms with van der Waals surface area (Å²) in [5.41, 5.74) is 3.32. The van der Waals surface area contributed by atoms with Crippen LogP contribution < -0.4 is 4.74 Å². The first-order chi connectivity index (χ1) is 11.3. The van der Waals surface area contributed by atoms with Gasteiger partial charge in [-0.1, -0.05) is 55.8 Å². The van der Waals surface area contributed by atoms with Crippen molar-refractivity contribution in [3.63, 3.8) is 0 Å². The number of benzene rings is 2. The summed E-state index contributed by atoms with van der Waals surface area (Å²) in [6.07, 6.45) is 7.58. The van der Waals surface area contributed by atoms with Crippen LogP contribution in [0.5, 0.6) is 5.75 Å². The lowest BCUT2D eigenvalue weighted by Gasteiger charge is -2.00. The van der Waals surface area contributed by atoms with Crippen molar-refractivity contribution in [3.05, 3.63) is 65.4 Å². The van der Waals surface area contributed by atoms with Gasteiger partial charge in [-0.05, 0) is 30.2 Å². The fourth-order valence-corrected chi connectivity index (χ4v) is 2.72. The predicted molar refractivity (Wildman–Crippen MR) is 96.7 cm³/mol. The number of hydrogen-bond donors (Lipinski definition) is 0. The topological polar surface area (TPSA) is 22.4 Å². The first-order valence-corrected chi connectivity index (χ1v) is 8.14. The summed E-state index contributed by atoms with van der Waals surface area (Å²) in [5, 5.41) is 1.18. The summed E-state index contributed by atoms with van der Waals surface area (Å²) in [5.74, 6) is 1.96. The summed E-state index contributed by atoms with van der Waals surface area (Å²) < 4.78 is 11.3. The Labute approximate surface area is 137 Å². The zero-order chi connectivity index (χ0) is 16.1. The number of ether oxygens (including phenoxy) is 1. The first kappa shape index (κ1) is 15.4. The van der Waals surface area contributed by atoms with Crippen LogP contribution in [0.4, 0.5) is 0 Å². The Bertz CT molecular complexity index is 794. The molecule has 0 aliphatic rings. The highest BCUT2D eigenvalue weighted by Crippen LogP contribution is 2.29. The van der Waals surface area contributed by atoms with Crippen LogP contribution in [0.15, 0.2) is 52.9 Å². The van der Waals surface area contributed by atoms with Crippen LogP contribution in [-0.4, -0.2) is 7.11 Å². The van der Waals surface area contributed by atoms with Crippen molar-refractivity contribution in [1.29, 1.82) is 0 Å². The minimum absolute atomic E-state index is 0.875. The smallest absolute Gasteiger partial charge is 0.134 e. The monoisotopic (exact) mass is 306 g/mol. The third kappa shape index (κ3) is 3.48. The molecule has 3 rings (SSSR count). The lowest BCUT2D eigenvalue weighted by atomic mass is 10.1. The van der Waals surface area contributed by atoms with Crippen molar-refractivity contribution in [3.8, 4) is 5.75 Å². The van der Waals surface area contributed by atoms with Crippen LogP contribution in [0.3, 0.4) is 0 Å². The molecule has 2 heteroatoms. The Balaban J connectivity index is 1.94. The van der Waals surface area contributed by atoms with Gasteiger partial charge in [0.25, 0.3) is 0 Å². The number of para-hydroxylation sites is 1. The van der Waals surface area contributed by atoms with Gasteiger partial charge in [0.2, 0.25) is 0 Å². The van der Waals surface area contributed by atoms with E-state index in [1.165, 1.54) is 17.4 Å². The maximum atomic E-state index is 6.05. The highest BCUT2D eigenvalue weighted by atomic mass is 16.5. The molecule has 1 heterocycles. The van der Waals surface area contributed by atoms with Gasteiger partial charge in [0.1, 0.15) is 17.1 Å². The number of methoxy groups -OCH3 is 1. The van der Waals surface area contributed by atoms with E-state index >= 15 is 0 Å². The number of rotatable bonds is 6. The molecule has 0 saturated carbocycles. The number of hydrogen-bond acceptors (Lipinski definition) is 2. The van der Waals surface area contributed by atoms with Crippen molar-refractivity contribution < 1.29 is 9.15 Å². The molecular formula is C21H22O2. The molecule has 2 aromatic carbocycles. The van der Waals surface area contributed by atoms with E-state index in [1.807, 2.05) is 24.3 Å². The van der Waals surface area contributed by atoms with Gasteiger partial charge in [0.15, 0.2) is 0 Å². The Morgan fingerprint density at radius 3 is 2.52 bits per heavy atom. The van der Waals surface area contributed by atoms with E-state index in [2.05, 4.69) is 43.3 Å². The average Bonchev–Trinajstić information content (AvgIpc) is 2.96. The fourth-order valence-electron chi connectivity index (χ4n) is 2.72. The van der Waals surface area contributed by atoms with E-state index in [9.17, 15) is 0 Å². The predicted octanol–water partition coefficient (Wildman–Crippen LogP) is 5.95. The van der Waals surface area contributed by atoms with Crippen molar-refractivity contribution in [2.45, 2.75) is 26.2 Å². The van der Waals surface area contributed by atoms with Gasteiger partial charge >= 0.3 is 0 Å². The van der Waals surface area contributed by atoms with Crippen LogP contribution >= 0.6 is 0 Å². The molecule has 0 bridgehead atoms. The molecule has 0 aliphatic heterocycles. The van der Waals surface area contributed by atoms with E-state index < -0.39 is 0 Å². The maximum Gasteiger partial charge on any atom is 0.134 e. The molecule has 0 aliphatic carbocycles. The molecule has 3 aromatic rings. The van der Waals surface area contributed by atoms with E-state index in [4.69, 9.17) is 9.15 Å². The molecular weight excluding hydrogens is 284 g/mol. The maximum absolute atomic E-state index is 6.05. The molecule has 0 spiro atoms. The Hall–Kier alpha value is -2.48. The third-order valence-corrected chi connectivity index (χ3v) is 4.03. The highest BCUT2D eigenvalue weighted by Gasteiger charge is 2.10. The fraction of sp³-hybridized carbons (Fsp3) is 0.238. The SMILES string of the molecule is CCCCc1oc2ccccc2c1/C=C\c1ccc(OC)cc1. The molecule has 118 valence electrons. The van der Waals surface area contributed by atoms with E-state index in [0.717, 1.165) is 35.5 Å². The van der Waals surface area contributed by atoms with Gasteiger partial charge < -0.3 is 9.15 Å². The average molecular weight is 306 g/mol. The lowest BCUT2D eigenvalue weighted by Crippen LogP contribution is -1.85. The van der Waals surface area contributed by atoms with Gasteiger partial charge in [-0.15, -0.1) is 0 Å². The minimum Gasteiger partial charge on any atom is -0.497 e. The summed E-state index contributed by atoms with van der Waals surface area (Å²) in [7, 11) is 1.68. The number of fused-ring (bicyclic) bond motifs is 1. The van der Waals surface area contributed by atoms with Crippen molar-refractivity contribution in [2.24, 2.45) is 0 Å². The minimum atomic E-state index is 0.875. The van der Waals surface area contributed by atoms with Crippen LogP contribution in [0, 0.1) is 0 Å². The molecule has 0 saturated heterocycles. The molecule has 0 fully saturated rings. The third-order valence-electron chi connectivity index (χ3n) is 4.03. The van der Waals surface area contributed by atoms with Gasteiger partial charge in [0, 0.05) is 17.4 Å². The normalized spacial score (nSPS) is 11.4. The molecule has 0 N–H and O–H groups in total. The van der Waals surface area contributed by atoms with Gasteiger partial charge in [-0.25, -0.2) is 0 Å². The van der Waals surface area contributed by atoms with Crippen LogP contribution in [-0.2, 0) is 6.42 Å². The quantitative estimate of drug-likeness (QED) is 0.561. The number of unbranched alkanes of at least 4 members (excludes halogenated alkanes) is 1. The summed E-state index contributed by atoms with van der Waals surface area (Å²) in [6.45, 7) is 2.20. The summed E-state index contributed by atoms with van der Waals surface area (Å²) in [4.78, 5) is 0. The molecule has 2 nitrogen and oxygen atoms in total. The second kappa shape index (κ2) is 7.19. The standard InChI is InChI=1S/C21H22O2/c1-3-4-8-20-19(18-7-5-6-9-21(18)23-20)15-12-16-10-13-17(22-2)14-11-16/h5-7,9-15H,3-4,8H2,1-2H3/b15-12-. The first-order valence-electron chi connectivity index (χ1n) is 8.14. The van der Waals surface area contributed by atoms with E-state index in [-0.39, 0.29) is 0 Å². The highest BCUT2D eigenvalue weighted by molar-refractivity contribution is 5.91. The zero-order valence-electron chi connectivity index (χ0n) is 13.7. The Kier molecular flexibility index (Phi) is 4.82. The second-order valence-corrected chi connectivity index (χ2v) is 5.65. The molecule has 23 heavy (non-hydrogen) atoms. The van der Waals surface area contributed by atoms with Crippen LogP contribution in [0.2, 0.25) is 0 Å². The van der Waals surface area contributed by atoms with E-state index in [0.29, 0.717) is 0 Å². The second-order valence-electron chi connectivity index (χ2n) is 5.65. The van der Waals surface area contributed by atoms with Crippen LogP contribution in [0.25, 0.3) is 23.1 Å². The van der Waals surface area contributed by atoms with Crippen molar-refractivity contribution in [1.82, 2.24) is 0 Å². The summed E-state index contributed by atoms with van der Waals surface area (Å²) in [6, 6.07) is 16.3. The van der Waals surface area contributed by atoms with Crippen molar-refractivity contribution >= 4 is 23.1 Å². The zero-order valence-corrected chi connectivity index (χ0v) is 13.7. The van der Waals surface area contributed by atoms with Gasteiger partial charge in [0.05, 0.1) is 7.11 Å². The van der Waals surface area contributed by atoms with Gasteiger partial charge in [-0.2, -0.15) is 0 Å². The van der Waals surface area contributed by atoms with Gasteiger partial charge in [-0.3, -0.25) is 0 Å². The number of aryl methyl sites for hydroxylation is 1. The number of furan rings is 1. The molecule has 1 aromatic heterocycles. The molecule has 0 unspecified atom stereocenters. The Morgan fingerprint density at radius 2 is 1.78 bits per heavy atom.